The van der Waals surface area contributed by atoms with Gasteiger partial charge in [0, 0.05) is 47.6 Å². The maximum atomic E-state index is 15.5. The van der Waals surface area contributed by atoms with Gasteiger partial charge in [-0.25, -0.2) is 22.2 Å². The Hall–Kier alpha value is -3.61. The van der Waals surface area contributed by atoms with Gasteiger partial charge in [-0.05, 0) is 42.3 Å². The van der Waals surface area contributed by atoms with Crippen molar-refractivity contribution in [3.8, 4) is 11.1 Å². The number of aromatic nitrogens is 2. The summed E-state index contributed by atoms with van der Waals surface area (Å²) in [6, 6.07) is 8.79. The molecule has 9 nitrogen and oxygen atoms in total. The van der Waals surface area contributed by atoms with E-state index < -0.39 is 34.0 Å². The molecule has 1 aliphatic heterocycles. The number of morpholine rings is 1. The van der Waals surface area contributed by atoms with Crippen molar-refractivity contribution >= 4 is 27.0 Å². The first-order valence-electron chi connectivity index (χ1n) is 13.0. The van der Waals surface area contributed by atoms with Gasteiger partial charge in [0.2, 0.25) is 10.0 Å². The van der Waals surface area contributed by atoms with Gasteiger partial charge in [-0.15, -0.1) is 0 Å². The van der Waals surface area contributed by atoms with Crippen LogP contribution in [0.25, 0.3) is 22.2 Å². The number of benzene rings is 1. The highest BCUT2D eigenvalue weighted by Crippen LogP contribution is 2.40. The average molecular weight is 573 g/mol. The van der Waals surface area contributed by atoms with Crippen LogP contribution in [0, 0.1) is 5.92 Å². The highest BCUT2D eigenvalue weighted by atomic mass is 32.2. The van der Waals surface area contributed by atoms with Gasteiger partial charge in [0.15, 0.2) is 6.17 Å². The second kappa shape index (κ2) is 11.5. The number of amides is 1. The molecule has 3 atom stereocenters. The third-order valence-corrected chi connectivity index (χ3v) is 8.58. The summed E-state index contributed by atoms with van der Waals surface area (Å²) in [5, 5.41) is 11.6. The summed E-state index contributed by atoms with van der Waals surface area (Å²) in [5.41, 5.74) is 2.28. The Balaban J connectivity index is 1.39. The number of aliphatic hydroxyl groups is 1. The fourth-order valence-corrected chi connectivity index (χ4v) is 6.16. The van der Waals surface area contributed by atoms with E-state index in [1.807, 2.05) is 0 Å². The maximum absolute atomic E-state index is 15.5. The lowest BCUT2D eigenvalue weighted by Gasteiger charge is -2.29. The third kappa shape index (κ3) is 5.65. The highest BCUT2D eigenvalue weighted by molar-refractivity contribution is 7.89. The van der Waals surface area contributed by atoms with Gasteiger partial charge in [-0.1, -0.05) is 19.1 Å². The second-order valence-electron chi connectivity index (χ2n) is 9.81. The number of nitrogens with zero attached hydrogens (tertiary/aromatic N) is 2. The number of ether oxygens (including phenoxy) is 1. The Bertz CT molecular complexity index is 1560. The summed E-state index contributed by atoms with van der Waals surface area (Å²) in [6.45, 7) is 3.77. The molecule has 2 aromatic heterocycles. The SMILES string of the molecule is CCCS(=O)(=O)NC1=CC=C(F)C(C(O)c2c[nH]c3ncc(-c4ccc(C(=O)N5CCOCC5)cc4)cc23)C1F. The van der Waals surface area contributed by atoms with Crippen LogP contribution in [-0.4, -0.2) is 72.5 Å². The van der Waals surface area contributed by atoms with Crippen molar-refractivity contribution in [2.24, 2.45) is 5.92 Å². The molecular weight excluding hydrogens is 542 g/mol. The molecule has 1 amide bonds. The van der Waals surface area contributed by atoms with Crippen LogP contribution in [0.3, 0.4) is 0 Å². The van der Waals surface area contributed by atoms with Crippen LogP contribution in [-0.2, 0) is 14.8 Å². The number of aromatic amines is 1. The molecule has 3 unspecified atom stereocenters. The van der Waals surface area contributed by atoms with Crippen LogP contribution < -0.4 is 4.72 Å². The first kappa shape index (κ1) is 27.9. The number of hydrogen-bond acceptors (Lipinski definition) is 6. The van der Waals surface area contributed by atoms with Gasteiger partial charge in [-0.3, -0.25) is 9.52 Å². The van der Waals surface area contributed by atoms with Gasteiger partial charge in [0.25, 0.3) is 5.91 Å². The quantitative estimate of drug-likeness (QED) is 0.378. The second-order valence-corrected chi connectivity index (χ2v) is 11.7. The monoisotopic (exact) mass is 572 g/mol. The molecule has 2 aliphatic rings. The smallest absolute Gasteiger partial charge is 0.254 e. The molecule has 5 rings (SSSR count). The van der Waals surface area contributed by atoms with E-state index in [1.165, 1.54) is 6.20 Å². The number of fused-ring (bicyclic) bond motifs is 1. The molecule has 0 radical (unpaired) electrons. The summed E-state index contributed by atoms with van der Waals surface area (Å²) in [7, 11) is -3.81. The Kier molecular flexibility index (Phi) is 8.02. The number of halogens is 2. The summed E-state index contributed by atoms with van der Waals surface area (Å²) >= 11 is 0. The normalized spacial score (nSPS) is 20.6. The van der Waals surface area contributed by atoms with Gasteiger partial charge in [0.05, 0.1) is 36.7 Å². The van der Waals surface area contributed by atoms with Crippen LogP contribution in [0.15, 0.2) is 66.4 Å². The minimum absolute atomic E-state index is 0.0757. The van der Waals surface area contributed by atoms with Crippen molar-refractivity contribution in [3.63, 3.8) is 0 Å². The molecule has 1 fully saturated rings. The van der Waals surface area contributed by atoms with Gasteiger partial charge in [0.1, 0.15) is 11.5 Å². The molecule has 1 aliphatic carbocycles. The lowest BCUT2D eigenvalue weighted by atomic mass is 9.86. The van der Waals surface area contributed by atoms with E-state index in [4.69, 9.17) is 4.74 Å². The highest BCUT2D eigenvalue weighted by Gasteiger charge is 2.39. The number of carbonyl (C=O) groups is 1. The summed E-state index contributed by atoms with van der Waals surface area (Å²) in [5.74, 6) is -2.85. The molecule has 0 spiro atoms. The standard InChI is InChI=1S/C28H30F2N4O5S/c1-2-13-40(37,38)33-23-8-7-22(29)24(25(23)30)26(35)21-16-32-27-20(21)14-19(15-31-27)17-3-5-18(6-4-17)28(36)34-9-11-39-12-10-34/h3-8,14-16,24-26,33,35H,2,9-13H2,1H3,(H,31,32). The van der Waals surface area contributed by atoms with E-state index in [9.17, 15) is 22.7 Å². The third-order valence-electron chi connectivity index (χ3n) is 7.08. The fourth-order valence-electron chi connectivity index (χ4n) is 4.98. The minimum atomic E-state index is -3.81. The molecule has 3 aromatic rings. The van der Waals surface area contributed by atoms with Crippen LogP contribution in [0.2, 0.25) is 0 Å². The average Bonchev–Trinajstić information content (AvgIpc) is 3.38. The van der Waals surface area contributed by atoms with Crippen LogP contribution in [0.5, 0.6) is 0 Å². The van der Waals surface area contributed by atoms with Crippen LogP contribution in [0.1, 0.15) is 35.4 Å². The van der Waals surface area contributed by atoms with E-state index in [1.54, 1.807) is 48.4 Å². The summed E-state index contributed by atoms with van der Waals surface area (Å²) in [6.07, 6.45) is 1.64. The van der Waals surface area contributed by atoms with E-state index in [0.29, 0.717) is 54.9 Å². The van der Waals surface area contributed by atoms with E-state index in [0.717, 1.165) is 17.7 Å². The Labute approximate surface area is 230 Å². The number of allylic oxidation sites excluding steroid dienone is 3. The molecule has 3 N–H and O–H groups in total. The number of pyridine rings is 1. The molecule has 12 heteroatoms. The zero-order chi connectivity index (χ0) is 28.4. The zero-order valence-electron chi connectivity index (χ0n) is 21.8. The maximum Gasteiger partial charge on any atom is 0.254 e. The van der Waals surface area contributed by atoms with Gasteiger partial charge < -0.3 is 19.7 Å². The largest absolute Gasteiger partial charge is 0.387 e. The lowest BCUT2D eigenvalue weighted by molar-refractivity contribution is 0.0303. The van der Waals surface area contributed by atoms with Crippen molar-refractivity contribution in [2.75, 3.05) is 32.1 Å². The van der Waals surface area contributed by atoms with Crippen LogP contribution in [0.4, 0.5) is 8.78 Å². The molecule has 0 saturated carbocycles. The van der Waals surface area contributed by atoms with Crippen LogP contribution >= 0.6 is 0 Å². The molecule has 3 heterocycles. The lowest BCUT2D eigenvalue weighted by Crippen LogP contribution is -2.40. The van der Waals surface area contributed by atoms with Crippen molar-refractivity contribution in [2.45, 2.75) is 25.6 Å². The number of carbonyl (C=O) groups excluding carboxylic acids is 1. The number of nitrogens with one attached hydrogen (secondary N) is 2. The molecule has 1 saturated heterocycles. The number of H-pyrrole nitrogens is 1. The number of rotatable bonds is 8. The molecule has 1 aromatic carbocycles. The van der Waals surface area contributed by atoms with Crippen molar-refractivity contribution in [1.29, 1.82) is 0 Å². The van der Waals surface area contributed by atoms with Crippen molar-refractivity contribution < 1.29 is 31.8 Å². The van der Waals surface area contributed by atoms with Gasteiger partial charge >= 0.3 is 0 Å². The number of aliphatic hydroxyl groups excluding tert-OH is 1. The number of alkyl halides is 1. The topological polar surface area (TPSA) is 125 Å². The molecule has 40 heavy (non-hydrogen) atoms. The molecule has 0 bridgehead atoms. The van der Waals surface area contributed by atoms with E-state index >= 15 is 4.39 Å². The Morgan fingerprint density at radius 3 is 2.65 bits per heavy atom. The predicted octanol–water partition coefficient (Wildman–Crippen LogP) is 3.77. The van der Waals surface area contributed by atoms with E-state index in [2.05, 4.69) is 14.7 Å². The first-order chi connectivity index (χ1) is 19.2. The number of sulfonamides is 1. The fraction of sp³-hybridized carbons (Fsp3) is 0.357. The molecule has 212 valence electrons. The zero-order valence-corrected chi connectivity index (χ0v) is 22.6. The molecular formula is C28H30F2N4O5S. The Morgan fingerprint density at radius 2 is 1.95 bits per heavy atom. The van der Waals surface area contributed by atoms with Gasteiger partial charge in [-0.2, -0.15) is 0 Å². The summed E-state index contributed by atoms with van der Waals surface area (Å²) < 4.78 is 62.2. The van der Waals surface area contributed by atoms with Crippen molar-refractivity contribution in [1.82, 2.24) is 19.6 Å². The predicted molar refractivity (Wildman–Crippen MR) is 146 cm³/mol. The summed E-state index contributed by atoms with van der Waals surface area (Å²) in [4.78, 5) is 21.8. The number of hydrogen-bond donors (Lipinski definition) is 3. The first-order valence-corrected chi connectivity index (χ1v) is 14.7. The Morgan fingerprint density at radius 1 is 1.23 bits per heavy atom. The van der Waals surface area contributed by atoms with Crippen molar-refractivity contribution in [3.05, 3.63) is 77.5 Å². The van der Waals surface area contributed by atoms with E-state index in [-0.39, 0.29) is 22.9 Å². The minimum Gasteiger partial charge on any atom is -0.387 e.